The molecule has 0 radical (unpaired) electrons. The monoisotopic (exact) mass is 401 g/mol. The molecule has 1 aliphatic rings. The van der Waals surface area contributed by atoms with Gasteiger partial charge in [-0.3, -0.25) is 14.6 Å². The van der Waals surface area contributed by atoms with Crippen LogP contribution in [0.3, 0.4) is 0 Å². The molecule has 0 N–H and O–H groups in total. The van der Waals surface area contributed by atoms with Crippen molar-refractivity contribution < 1.29 is 9.59 Å². The number of rotatable bonds is 4. The van der Waals surface area contributed by atoms with E-state index in [1.807, 2.05) is 42.2 Å². The molecule has 1 fully saturated rings. The second kappa shape index (κ2) is 8.41. The molecule has 3 aromatic rings. The van der Waals surface area contributed by atoms with Gasteiger partial charge < -0.3 is 9.80 Å². The van der Waals surface area contributed by atoms with Gasteiger partial charge >= 0.3 is 0 Å². The molecule has 0 bridgehead atoms. The minimum Gasteiger partial charge on any atom is -0.335 e. The summed E-state index contributed by atoms with van der Waals surface area (Å²) in [5.74, 6) is 0.249. The molecule has 1 aliphatic heterocycles. The van der Waals surface area contributed by atoms with Gasteiger partial charge in [-0.1, -0.05) is 29.8 Å². The van der Waals surface area contributed by atoms with Crippen LogP contribution in [0, 0.1) is 6.92 Å². The first-order valence-electron chi connectivity index (χ1n) is 9.90. The zero-order chi connectivity index (χ0) is 21.1. The van der Waals surface area contributed by atoms with Crippen LogP contribution in [0.2, 0.25) is 0 Å². The number of carbonyl (C=O) groups excluding carboxylic acids is 2. The molecule has 0 saturated carbocycles. The summed E-state index contributed by atoms with van der Waals surface area (Å²) in [6.45, 7) is 5.33. The Morgan fingerprint density at radius 2 is 1.83 bits per heavy atom. The molecule has 1 aromatic carbocycles. The summed E-state index contributed by atoms with van der Waals surface area (Å²) in [5, 5.41) is 0. The Labute approximate surface area is 175 Å². The number of amides is 2. The Balaban J connectivity index is 1.45. The topological polar surface area (TPSA) is 79.3 Å². The fraction of sp³-hybridized carbons (Fsp3) is 0.261. The van der Waals surface area contributed by atoms with E-state index < -0.39 is 6.04 Å². The molecule has 2 aromatic heterocycles. The number of carbonyl (C=O) groups is 2. The molecule has 1 atom stereocenters. The van der Waals surface area contributed by atoms with E-state index >= 15 is 0 Å². The highest BCUT2D eigenvalue weighted by Gasteiger charge is 2.34. The van der Waals surface area contributed by atoms with Crippen LogP contribution >= 0.6 is 0 Å². The number of pyridine rings is 1. The summed E-state index contributed by atoms with van der Waals surface area (Å²) in [5.41, 5.74) is 3.46. The van der Waals surface area contributed by atoms with Crippen molar-refractivity contribution in [3.8, 4) is 11.4 Å². The Hall–Kier alpha value is -3.61. The number of aryl methyl sites for hydroxylation is 1. The predicted octanol–water partition coefficient (Wildman–Crippen LogP) is 2.72. The normalized spacial score (nSPS) is 16.6. The third-order valence-electron chi connectivity index (χ3n) is 5.30. The lowest BCUT2D eigenvalue weighted by Gasteiger charge is -2.39. The molecule has 0 spiro atoms. The lowest BCUT2D eigenvalue weighted by Crippen LogP contribution is -2.57. The van der Waals surface area contributed by atoms with E-state index in [1.54, 1.807) is 24.2 Å². The van der Waals surface area contributed by atoms with E-state index in [1.165, 1.54) is 12.4 Å². The van der Waals surface area contributed by atoms with Crippen LogP contribution in [0.1, 0.15) is 28.4 Å². The van der Waals surface area contributed by atoms with E-state index in [2.05, 4.69) is 21.0 Å². The van der Waals surface area contributed by atoms with Gasteiger partial charge in [0.25, 0.3) is 5.91 Å². The van der Waals surface area contributed by atoms with Crippen molar-refractivity contribution in [2.45, 2.75) is 26.4 Å². The van der Waals surface area contributed by atoms with Gasteiger partial charge in [0.05, 0.1) is 5.56 Å². The highest BCUT2D eigenvalue weighted by Crippen LogP contribution is 2.19. The quantitative estimate of drug-likeness (QED) is 0.672. The van der Waals surface area contributed by atoms with E-state index in [-0.39, 0.29) is 11.8 Å². The number of hydrogen-bond donors (Lipinski definition) is 0. The lowest BCUT2D eigenvalue weighted by molar-refractivity contribution is -0.140. The molecule has 152 valence electrons. The average molecular weight is 401 g/mol. The fourth-order valence-electron chi connectivity index (χ4n) is 3.65. The molecule has 0 aliphatic carbocycles. The van der Waals surface area contributed by atoms with Gasteiger partial charge in [-0.25, -0.2) is 9.97 Å². The number of aromatic nitrogens is 3. The zero-order valence-electron chi connectivity index (χ0n) is 17.0. The number of nitrogens with zero attached hydrogens (tertiary/aromatic N) is 5. The number of benzene rings is 1. The molecule has 3 heterocycles. The largest absolute Gasteiger partial charge is 0.335 e. The van der Waals surface area contributed by atoms with Gasteiger partial charge in [-0.2, -0.15) is 0 Å². The zero-order valence-corrected chi connectivity index (χ0v) is 17.0. The smallest absolute Gasteiger partial charge is 0.257 e. The summed E-state index contributed by atoms with van der Waals surface area (Å²) in [7, 11) is 0. The third-order valence-corrected chi connectivity index (χ3v) is 5.30. The Bertz CT molecular complexity index is 1050. The van der Waals surface area contributed by atoms with Crippen molar-refractivity contribution in [3.05, 3.63) is 77.9 Å². The lowest BCUT2D eigenvalue weighted by atomic mass is 10.1. The molecule has 7 heteroatoms. The van der Waals surface area contributed by atoms with Crippen molar-refractivity contribution in [2.75, 3.05) is 13.1 Å². The summed E-state index contributed by atoms with van der Waals surface area (Å²) >= 11 is 0. The molecular formula is C23H23N5O2. The first kappa shape index (κ1) is 19.7. The summed E-state index contributed by atoms with van der Waals surface area (Å²) < 4.78 is 0. The summed E-state index contributed by atoms with van der Waals surface area (Å²) in [6, 6.07) is 11.2. The molecule has 4 rings (SSSR count). The van der Waals surface area contributed by atoms with Crippen molar-refractivity contribution in [1.29, 1.82) is 0 Å². The second-order valence-electron chi connectivity index (χ2n) is 7.45. The minimum atomic E-state index is -0.532. The second-order valence-corrected chi connectivity index (χ2v) is 7.45. The van der Waals surface area contributed by atoms with Crippen molar-refractivity contribution in [1.82, 2.24) is 24.8 Å². The van der Waals surface area contributed by atoms with Crippen LogP contribution in [0.4, 0.5) is 0 Å². The van der Waals surface area contributed by atoms with Gasteiger partial charge in [0.15, 0.2) is 5.82 Å². The average Bonchev–Trinajstić information content (AvgIpc) is 2.77. The van der Waals surface area contributed by atoms with Gasteiger partial charge in [0.2, 0.25) is 5.91 Å². The number of hydrogen-bond acceptors (Lipinski definition) is 5. The Morgan fingerprint density at radius 3 is 2.53 bits per heavy atom. The molecular weight excluding hydrogens is 378 g/mol. The highest BCUT2D eigenvalue weighted by atomic mass is 16.2. The summed E-state index contributed by atoms with van der Waals surface area (Å²) in [4.78, 5) is 41.9. The summed E-state index contributed by atoms with van der Waals surface area (Å²) in [6.07, 6.45) is 6.37. The SMILES string of the molecule is Cc1cccc(CN2CCN(C(=O)c3cnc(-c4ccncc4)nc3)C(C)C2=O)c1. The molecule has 30 heavy (non-hydrogen) atoms. The number of piperazine rings is 1. The van der Waals surface area contributed by atoms with Crippen LogP contribution in [0.25, 0.3) is 11.4 Å². The standard InChI is InChI=1S/C23H23N5O2/c1-16-4-3-5-18(12-16)15-27-10-11-28(17(2)22(27)29)23(30)20-13-25-21(26-14-20)19-6-8-24-9-7-19/h3-9,12-14,17H,10-11,15H2,1-2H3. The van der Waals surface area contributed by atoms with Gasteiger partial charge in [-0.05, 0) is 31.5 Å². The molecule has 1 unspecified atom stereocenters. The highest BCUT2D eigenvalue weighted by molar-refractivity contribution is 5.97. The van der Waals surface area contributed by atoms with Crippen molar-refractivity contribution >= 4 is 11.8 Å². The van der Waals surface area contributed by atoms with Crippen LogP contribution < -0.4 is 0 Å². The minimum absolute atomic E-state index is 0.0505. The first-order chi connectivity index (χ1) is 14.5. The molecule has 1 saturated heterocycles. The van der Waals surface area contributed by atoms with Gasteiger partial charge in [0.1, 0.15) is 6.04 Å². The molecule has 7 nitrogen and oxygen atoms in total. The van der Waals surface area contributed by atoms with Crippen LogP contribution in [-0.4, -0.2) is 55.7 Å². The predicted molar refractivity (Wildman–Crippen MR) is 112 cm³/mol. The van der Waals surface area contributed by atoms with E-state index in [0.29, 0.717) is 31.0 Å². The van der Waals surface area contributed by atoms with Crippen LogP contribution in [-0.2, 0) is 11.3 Å². The fourth-order valence-corrected chi connectivity index (χ4v) is 3.65. The maximum atomic E-state index is 13.0. The van der Waals surface area contributed by atoms with Crippen LogP contribution in [0.5, 0.6) is 0 Å². The Kier molecular flexibility index (Phi) is 5.52. The molecule has 2 amide bonds. The van der Waals surface area contributed by atoms with Crippen molar-refractivity contribution in [2.24, 2.45) is 0 Å². The van der Waals surface area contributed by atoms with Crippen LogP contribution in [0.15, 0.2) is 61.2 Å². The van der Waals surface area contributed by atoms with E-state index in [4.69, 9.17) is 0 Å². The maximum Gasteiger partial charge on any atom is 0.257 e. The van der Waals surface area contributed by atoms with Gasteiger partial charge in [-0.15, -0.1) is 0 Å². The maximum absolute atomic E-state index is 13.0. The van der Waals surface area contributed by atoms with E-state index in [9.17, 15) is 9.59 Å². The van der Waals surface area contributed by atoms with Gasteiger partial charge in [0, 0.05) is 50.0 Å². The first-order valence-corrected chi connectivity index (χ1v) is 9.90. The third kappa shape index (κ3) is 4.05. The van der Waals surface area contributed by atoms with Crippen molar-refractivity contribution in [3.63, 3.8) is 0 Å². The Morgan fingerprint density at radius 1 is 1.10 bits per heavy atom. The van der Waals surface area contributed by atoms with E-state index in [0.717, 1.165) is 16.7 Å².